The molecule has 0 aliphatic rings. The fourth-order valence-corrected chi connectivity index (χ4v) is 4.09. The van der Waals surface area contributed by atoms with Crippen molar-refractivity contribution < 1.29 is 19.4 Å². The van der Waals surface area contributed by atoms with Crippen LogP contribution in [0.2, 0.25) is 0 Å². The highest BCUT2D eigenvalue weighted by atomic mass is 32.1. The normalized spacial score (nSPS) is 11.8. The predicted molar refractivity (Wildman–Crippen MR) is 103 cm³/mol. The molecule has 1 aromatic carbocycles. The molecule has 3 aromatic rings. The monoisotopic (exact) mass is 389 g/mol. The number of thiophene rings is 2. The third kappa shape index (κ3) is 4.24. The third-order valence-corrected chi connectivity index (χ3v) is 5.69. The van der Waals surface area contributed by atoms with Gasteiger partial charge in [-0.1, -0.05) is 0 Å². The van der Waals surface area contributed by atoms with Crippen molar-refractivity contribution in [1.29, 1.82) is 0 Å². The van der Waals surface area contributed by atoms with Gasteiger partial charge in [-0.05, 0) is 46.7 Å². The van der Waals surface area contributed by atoms with Crippen molar-refractivity contribution in [3.8, 4) is 11.5 Å². The predicted octanol–water partition coefficient (Wildman–Crippen LogP) is 3.84. The van der Waals surface area contributed by atoms with Crippen LogP contribution in [-0.4, -0.2) is 25.2 Å². The van der Waals surface area contributed by atoms with Gasteiger partial charge in [0.25, 0.3) is 5.91 Å². The number of benzene rings is 1. The van der Waals surface area contributed by atoms with E-state index in [1.807, 2.05) is 29.0 Å². The van der Waals surface area contributed by atoms with E-state index in [-0.39, 0.29) is 5.91 Å². The lowest BCUT2D eigenvalue weighted by Crippen LogP contribution is -2.22. The Morgan fingerprint density at radius 2 is 1.88 bits per heavy atom. The standard InChI is InChI=1S/C19H19NO4S2/c1-23-14-7-13(8-15(9-14)24-2)19(22)20-10-16-3-4-17(26-16)18(21)12-5-6-25-11-12/h3-9,11,18,21H,10H2,1-2H3,(H,20,22). The van der Waals surface area contributed by atoms with E-state index in [1.54, 1.807) is 43.8 Å². The van der Waals surface area contributed by atoms with Crippen LogP contribution in [0, 0.1) is 0 Å². The van der Waals surface area contributed by atoms with Gasteiger partial charge in [0, 0.05) is 21.4 Å². The molecule has 0 bridgehead atoms. The van der Waals surface area contributed by atoms with Crippen molar-refractivity contribution in [2.45, 2.75) is 12.6 Å². The van der Waals surface area contributed by atoms with Crippen molar-refractivity contribution in [3.63, 3.8) is 0 Å². The van der Waals surface area contributed by atoms with Crippen molar-refractivity contribution >= 4 is 28.6 Å². The zero-order valence-electron chi connectivity index (χ0n) is 14.4. The number of ether oxygens (including phenoxy) is 2. The maximum Gasteiger partial charge on any atom is 0.251 e. The summed E-state index contributed by atoms with van der Waals surface area (Å²) < 4.78 is 10.4. The molecule has 3 rings (SSSR count). The fraction of sp³-hybridized carbons (Fsp3) is 0.211. The number of rotatable bonds is 7. The quantitative estimate of drug-likeness (QED) is 0.644. The Kier molecular flexibility index (Phi) is 5.92. The number of carbonyl (C=O) groups excluding carboxylic acids is 1. The SMILES string of the molecule is COc1cc(OC)cc(C(=O)NCc2ccc(C(O)c3ccsc3)s2)c1. The number of aliphatic hydroxyl groups excluding tert-OH is 1. The molecule has 1 atom stereocenters. The van der Waals surface area contributed by atoms with E-state index in [0.717, 1.165) is 15.3 Å². The first-order valence-electron chi connectivity index (χ1n) is 7.90. The highest BCUT2D eigenvalue weighted by molar-refractivity contribution is 7.12. The largest absolute Gasteiger partial charge is 0.497 e. The van der Waals surface area contributed by atoms with Gasteiger partial charge in [-0.3, -0.25) is 4.79 Å². The van der Waals surface area contributed by atoms with Crippen molar-refractivity contribution in [3.05, 3.63) is 68.0 Å². The van der Waals surface area contributed by atoms with Crippen LogP contribution in [-0.2, 0) is 6.54 Å². The lowest BCUT2D eigenvalue weighted by molar-refractivity contribution is 0.0950. The van der Waals surface area contributed by atoms with E-state index >= 15 is 0 Å². The molecule has 5 nitrogen and oxygen atoms in total. The van der Waals surface area contributed by atoms with Gasteiger partial charge in [0.1, 0.15) is 17.6 Å². The Hall–Kier alpha value is -2.35. The highest BCUT2D eigenvalue weighted by Crippen LogP contribution is 2.29. The summed E-state index contributed by atoms with van der Waals surface area (Å²) >= 11 is 3.04. The van der Waals surface area contributed by atoms with E-state index in [2.05, 4.69) is 5.32 Å². The molecule has 136 valence electrons. The minimum absolute atomic E-state index is 0.212. The molecule has 0 radical (unpaired) electrons. The van der Waals surface area contributed by atoms with Crippen LogP contribution in [0.15, 0.2) is 47.2 Å². The van der Waals surface area contributed by atoms with Gasteiger partial charge in [0.15, 0.2) is 0 Å². The highest BCUT2D eigenvalue weighted by Gasteiger charge is 2.14. The Morgan fingerprint density at radius 1 is 1.15 bits per heavy atom. The summed E-state index contributed by atoms with van der Waals surface area (Å²) in [6.07, 6.45) is -0.627. The summed E-state index contributed by atoms with van der Waals surface area (Å²) in [6.45, 7) is 0.388. The van der Waals surface area contributed by atoms with Crippen LogP contribution in [0.3, 0.4) is 0 Å². The van der Waals surface area contributed by atoms with Gasteiger partial charge in [0.2, 0.25) is 0 Å². The minimum Gasteiger partial charge on any atom is -0.497 e. The summed E-state index contributed by atoms with van der Waals surface area (Å²) in [5, 5.41) is 17.1. The number of hydrogen-bond acceptors (Lipinski definition) is 6. The summed E-state index contributed by atoms with van der Waals surface area (Å²) in [4.78, 5) is 14.2. The van der Waals surface area contributed by atoms with Crippen LogP contribution in [0.4, 0.5) is 0 Å². The minimum atomic E-state index is -0.627. The lowest BCUT2D eigenvalue weighted by Gasteiger charge is -2.09. The smallest absolute Gasteiger partial charge is 0.251 e. The number of nitrogens with one attached hydrogen (secondary N) is 1. The van der Waals surface area contributed by atoms with Crippen LogP contribution in [0.1, 0.15) is 31.8 Å². The van der Waals surface area contributed by atoms with Gasteiger partial charge in [-0.2, -0.15) is 11.3 Å². The van der Waals surface area contributed by atoms with E-state index < -0.39 is 6.10 Å². The van der Waals surface area contributed by atoms with E-state index in [4.69, 9.17) is 9.47 Å². The molecule has 0 saturated carbocycles. The molecular formula is C19H19NO4S2. The molecule has 0 aliphatic carbocycles. The van der Waals surface area contributed by atoms with E-state index in [9.17, 15) is 9.90 Å². The van der Waals surface area contributed by atoms with Crippen molar-refractivity contribution in [1.82, 2.24) is 5.32 Å². The first-order chi connectivity index (χ1) is 12.6. The zero-order valence-corrected chi connectivity index (χ0v) is 16.0. The summed E-state index contributed by atoms with van der Waals surface area (Å²) in [6, 6.07) is 10.8. The van der Waals surface area contributed by atoms with Crippen LogP contribution >= 0.6 is 22.7 Å². The summed E-state index contributed by atoms with van der Waals surface area (Å²) in [5.41, 5.74) is 1.35. The molecular weight excluding hydrogens is 370 g/mol. The van der Waals surface area contributed by atoms with Gasteiger partial charge < -0.3 is 19.9 Å². The Balaban J connectivity index is 1.65. The van der Waals surface area contributed by atoms with Gasteiger partial charge in [0.05, 0.1) is 20.8 Å². The second-order valence-electron chi connectivity index (χ2n) is 5.55. The van der Waals surface area contributed by atoms with Crippen LogP contribution in [0.25, 0.3) is 0 Å². The van der Waals surface area contributed by atoms with Gasteiger partial charge in [-0.15, -0.1) is 11.3 Å². The maximum absolute atomic E-state index is 12.4. The molecule has 0 saturated heterocycles. The Morgan fingerprint density at radius 3 is 2.50 bits per heavy atom. The van der Waals surface area contributed by atoms with Gasteiger partial charge in [-0.25, -0.2) is 0 Å². The number of hydrogen-bond donors (Lipinski definition) is 2. The molecule has 2 aromatic heterocycles. The second kappa shape index (κ2) is 8.35. The topological polar surface area (TPSA) is 67.8 Å². The molecule has 2 heterocycles. The fourth-order valence-electron chi connectivity index (χ4n) is 2.44. The van der Waals surface area contributed by atoms with E-state index in [0.29, 0.717) is 23.6 Å². The molecule has 1 amide bonds. The molecule has 26 heavy (non-hydrogen) atoms. The first-order valence-corrected chi connectivity index (χ1v) is 9.66. The van der Waals surface area contributed by atoms with Crippen molar-refractivity contribution in [2.24, 2.45) is 0 Å². The molecule has 1 unspecified atom stereocenters. The number of aliphatic hydroxyl groups is 1. The third-order valence-electron chi connectivity index (χ3n) is 3.85. The summed E-state index contributed by atoms with van der Waals surface area (Å²) in [5.74, 6) is 0.911. The first kappa shape index (κ1) is 18.4. The number of amides is 1. The Labute approximate surface area is 159 Å². The van der Waals surface area contributed by atoms with Crippen molar-refractivity contribution in [2.75, 3.05) is 14.2 Å². The Bertz CT molecular complexity index is 851. The molecule has 0 aliphatic heterocycles. The number of methoxy groups -OCH3 is 2. The molecule has 2 N–H and O–H groups in total. The van der Waals surface area contributed by atoms with Crippen LogP contribution < -0.4 is 14.8 Å². The average molecular weight is 389 g/mol. The average Bonchev–Trinajstić information content (AvgIpc) is 3.37. The maximum atomic E-state index is 12.4. The molecule has 7 heteroatoms. The molecule has 0 fully saturated rings. The molecule has 0 spiro atoms. The lowest BCUT2D eigenvalue weighted by atomic mass is 10.1. The second-order valence-corrected chi connectivity index (χ2v) is 7.53. The van der Waals surface area contributed by atoms with Gasteiger partial charge >= 0.3 is 0 Å². The summed E-state index contributed by atoms with van der Waals surface area (Å²) in [7, 11) is 3.09. The van der Waals surface area contributed by atoms with E-state index in [1.165, 1.54) is 11.3 Å². The number of carbonyl (C=O) groups is 1. The zero-order chi connectivity index (χ0) is 18.5. The van der Waals surface area contributed by atoms with Crippen LogP contribution in [0.5, 0.6) is 11.5 Å².